The molecule has 9 nitrogen and oxygen atoms in total. The van der Waals surface area contributed by atoms with Crippen molar-refractivity contribution >= 4 is 11.9 Å². The predicted molar refractivity (Wildman–Crippen MR) is 107 cm³/mol. The topological polar surface area (TPSA) is 148 Å². The Kier molecular flexibility index (Phi) is 5.82. The molecule has 1 amide bonds. The average Bonchev–Trinajstić information content (AvgIpc) is 3.25. The van der Waals surface area contributed by atoms with Crippen LogP contribution >= 0.6 is 0 Å². The number of amides is 1. The van der Waals surface area contributed by atoms with E-state index in [1.54, 1.807) is 18.2 Å². The van der Waals surface area contributed by atoms with E-state index in [-0.39, 0.29) is 0 Å². The molecule has 31 heavy (non-hydrogen) atoms. The van der Waals surface area contributed by atoms with Crippen LogP contribution in [0.25, 0.3) is 0 Å². The molecule has 170 valence electrons. The summed E-state index contributed by atoms with van der Waals surface area (Å²) in [5, 5.41) is 51.5. The number of aliphatic carboxylic acids is 1. The summed E-state index contributed by atoms with van der Waals surface area (Å²) in [6.45, 7) is 1.87. The van der Waals surface area contributed by atoms with E-state index in [1.807, 2.05) is 0 Å². The number of carbonyl (C=O) groups is 2. The number of ether oxygens (including phenoxy) is 1. The Morgan fingerprint density at radius 2 is 1.87 bits per heavy atom. The molecule has 1 aromatic carbocycles. The molecular formula is C22H29NO8. The van der Waals surface area contributed by atoms with Gasteiger partial charge in [0.05, 0.1) is 6.10 Å². The molecule has 5 N–H and O–H groups in total. The number of benzene rings is 1. The quantitative estimate of drug-likeness (QED) is 0.445. The molecule has 0 aromatic heterocycles. The summed E-state index contributed by atoms with van der Waals surface area (Å²) >= 11 is 0. The summed E-state index contributed by atoms with van der Waals surface area (Å²) in [5.74, 6) is -4.28. The number of hydrogen-bond acceptors (Lipinski definition) is 7. The Bertz CT molecular complexity index is 875. The number of aryl methyl sites for hydroxylation is 1. The first kappa shape index (κ1) is 22.2. The first-order valence-corrected chi connectivity index (χ1v) is 10.8. The van der Waals surface area contributed by atoms with Gasteiger partial charge in [-0.25, -0.2) is 4.79 Å². The first-order valence-electron chi connectivity index (χ1n) is 10.8. The summed E-state index contributed by atoms with van der Waals surface area (Å²) in [7, 11) is 0. The van der Waals surface area contributed by atoms with E-state index < -0.39 is 54.0 Å². The molecule has 9 heteroatoms. The molecule has 0 unspecified atom stereocenters. The molecular weight excluding hydrogens is 406 g/mol. The Morgan fingerprint density at radius 3 is 2.58 bits per heavy atom. The standard InChI is InChI=1S/C22H29NO8/c1-11-17(24)18(25)19(26)22(30,31-11)15-5-2-4-12-7-8-13(10-14(12)15)20(27)23-9-3-6-16(23)21(28)29/h7-8,10-11,15-19,24-26,30H,2-6,9H2,1H3,(H,28,29)/t11-,15+,16-,17+,18+,19-,22+/m0/s1. The number of rotatable bonds is 3. The number of fused-ring (bicyclic) bond motifs is 1. The summed E-state index contributed by atoms with van der Waals surface area (Å²) in [6.07, 6.45) is -2.64. The van der Waals surface area contributed by atoms with E-state index in [1.165, 1.54) is 11.8 Å². The van der Waals surface area contributed by atoms with E-state index in [0.717, 1.165) is 5.56 Å². The lowest BCUT2D eigenvalue weighted by molar-refractivity contribution is -0.352. The smallest absolute Gasteiger partial charge is 0.326 e. The van der Waals surface area contributed by atoms with Crippen LogP contribution in [-0.4, -0.2) is 85.1 Å². The third kappa shape index (κ3) is 3.64. The summed E-state index contributed by atoms with van der Waals surface area (Å²) in [6, 6.07) is 4.22. The van der Waals surface area contributed by atoms with Gasteiger partial charge in [0.25, 0.3) is 5.91 Å². The van der Waals surface area contributed by atoms with Crippen molar-refractivity contribution in [1.29, 1.82) is 0 Å². The Morgan fingerprint density at radius 1 is 1.13 bits per heavy atom. The van der Waals surface area contributed by atoms with Crippen molar-refractivity contribution in [1.82, 2.24) is 4.90 Å². The fraction of sp³-hybridized carbons (Fsp3) is 0.636. The molecule has 1 aromatic rings. The van der Waals surface area contributed by atoms with Gasteiger partial charge in [-0.3, -0.25) is 4.79 Å². The van der Waals surface area contributed by atoms with Gasteiger partial charge in [0.15, 0.2) is 0 Å². The number of nitrogens with zero attached hydrogens (tertiary/aromatic N) is 1. The Labute approximate surface area is 179 Å². The molecule has 2 saturated heterocycles. The lowest BCUT2D eigenvalue weighted by Crippen LogP contribution is -2.66. The van der Waals surface area contributed by atoms with Gasteiger partial charge >= 0.3 is 5.97 Å². The lowest BCUT2D eigenvalue weighted by atomic mass is 9.73. The zero-order chi connectivity index (χ0) is 22.5. The zero-order valence-corrected chi connectivity index (χ0v) is 17.3. The molecule has 2 fully saturated rings. The van der Waals surface area contributed by atoms with Crippen LogP contribution in [0.2, 0.25) is 0 Å². The fourth-order valence-electron chi connectivity index (χ4n) is 5.23. The van der Waals surface area contributed by atoms with Crippen molar-refractivity contribution in [3.05, 3.63) is 34.9 Å². The summed E-state index contributed by atoms with van der Waals surface area (Å²) in [4.78, 5) is 25.9. The second kappa shape index (κ2) is 8.14. The van der Waals surface area contributed by atoms with Gasteiger partial charge in [-0.05, 0) is 62.3 Å². The molecule has 1 aliphatic carbocycles. The van der Waals surface area contributed by atoms with Gasteiger partial charge in [-0.2, -0.15) is 0 Å². The minimum absolute atomic E-state index is 0.307. The number of carbonyl (C=O) groups excluding carboxylic acids is 1. The second-order valence-electron chi connectivity index (χ2n) is 8.85. The van der Waals surface area contributed by atoms with Crippen molar-refractivity contribution in [2.45, 2.75) is 81.2 Å². The summed E-state index contributed by atoms with van der Waals surface area (Å²) in [5.41, 5.74) is 1.82. The minimum atomic E-state index is -2.13. The van der Waals surface area contributed by atoms with Gasteiger partial charge in [0, 0.05) is 18.0 Å². The lowest BCUT2D eigenvalue weighted by Gasteiger charge is -2.49. The SMILES string of the molecule is C[C@@H]1O[C@](O)([C@@H]2CCCc3ccc(C(=O)N4CCC[C@H]4C(=O)O)cc32)[C@@H](O)[C@H](O)[C@@H]1O. The van der Waals surface area contributed by atoms with Crippen molar-refractivity contribution in [3.63, 3.8) is 0 Å². The van der Waals surface area contributed by atoms with E-state index >= 15 is 0 Å². The van der Waals surface area contributed by atoms with Crippen LogP contribution in [0, 0.1) is 0 Å². The molecule has 4 rings (SSSR count). The third-order valence-electron chi connectivity index (χ3n) is 6.96. The fourth-order valence-corrected chi connectivity index (χ4v) is 5.23. The van der Waals surface area contributed by atoms with Crippen molar-refractivity contribution in [3.8, 4) is 0 Å². The van der Waals surface area contributed by atoms with Crippen LogP contribution in [0.1, 0.15) is 60.0 Å². The van der Waals surface area contributed by atoms with Crippen LogP contribution in [0.4, 0.5) is 0 Å². The molecule has 7 atom stereocenters. The maximum atomic E-state index is 13.1. The van der Waals surface area contributed by atoms with Crippen LogP contribution in [-0.2, 0) is 16.0 Å². The Balaban J connectivity index is 1.69. The van der Waals surface area contributed by atoms with Crippen molar-refractivity contribution in [2.75, 3.05) is 6.54 Å². The van der Waals surface area contributed by atoms with Gasteiger partial charge in [-0.15, -0.1) is 0 Å². The molecule has 2 heterocycles. The number of carboxylic acids is 1. The highest BCUT2D eigenvalue weighted by Crippen LogP contribution is 2.45. The van der Waals surface area contributed by atoms with E-state index in [0.29, 0.717) is 49.8 Å². The van der Waals surface area contributed by atoms with Gasteiger partial charge in [0.2, 0.25) is 5.79 Å². The number of aliphatic hydroxyl groups excluding tert-OH is 3. The summed E-state index contributed by atoms with van der Waals surface area (Å²) < 4.78 is 5.64. The second-order valence-corrected chi connectivity index (χ2v) is 8.85. The number of aliphatic hydroxyl groups is 4. The van der Waals surface area contributed by atoms with Crippen LogP contribution in [0.3, 0.4) is 0 Å². The molecule has 0 radical (unpaired) electrons. The third-order valence-corrected chi connectivity index (χ3v) is 6.96. The van der Waals surface area contributed by atoms with Crippen LogP contribution in [0.5, 0.6) is 0 Å². The highest BCUT2D eigenvalue weighted by molar-refractivity contribution is 5.97. The van der Waals surface area contributed by atoms with E-state index in [2.05, 4.69) is 0 Å². The number of hydrogen-bond donors (Lipinski definition) is 5. The number of likely N-dealkylation sites (tertiary alicyclic amines) is 1. The first-order chi connectivity index (χ1) is 14.6. The maximum Gasteiger partial charge on any atom is 0.326 e. The highest BCUT2D eigenvalue weighted by atomic mass is 16.7. The van der Waals surface area contributed by atoms with Crippen LogP contribution in [0.15, 0.2) is 18.2 Å². The molecule has 0 saturated carbocycles. The predicted octanol–water partition coefficient (Wildman–Crippen LogP) is -0.0143. The van der Waals surface area contributed by atoms with Crippen LogP contribution < -0.4 is 0 Å². The minimum Gasteiger partial charge on any atom is -0.480 e. The van der Waals surface area contributed by atoms with E-state index in [4.69, 9.17) is 4.74 Å². The Hall–Kier alpha value is -2.04. The molecule has 0 bridgehead atoms. The molecule has 0 spiro atoms. The normalized spacial score (nSPS) is 38.0. The highest BCUT2D eigenvalue weighted by Gasteiger charge is 2.56. The van der Waals surface area contributed by atoms with Crippen molar-refractivity contribution in [2.24, 2.45) is 0 Å². The zero-order valence-electron chi connectivity index (χ0n) is 17.3. The maximum absolute atomic E-state index is 13.1. The number of carboxylic acid groups (broad SMARTS) is 1. The van der Waals surface area contributed by atoms with Gasteiger partial charge in [0.1, 0.15) is 24.4 Å². The van der Waals surface area contributed by atoms with Crippen molar-refractivity contribution < 1.29 is 39.9 Å². The van der Waals surface area contributed by atoms with Gasteiger partial charge < -0.3 is 35.2 Å². The van der Waals surface area contributed by atoms with E-state index in [9.17, 15) is 35.1 Å². The molecule has 2 aliphatic heterocycles. The molecule has 3 aliphatic rings. The monoisotopic (exact) mass is 435 g/mol. The van der Waals surface area contributed by atoms with Gasteiger partial charge in [-0.1, -0.05) is 6.07 Å². The average molecular weight is 435 g/mol. The largest absolute Gasteiger partial charge is 0.480 e.